The summed E-state index contributed by atoms with van der Waals surface area (Å²) < 4.78 is 5.56. The Hall–Kier alpha value is -1.63. The van der Waals surface area contributed by atoms with Crippen LogP contribution in [0, 0.1) is 0 Å². The van der Waals surface area contributed by atoms with E-state index in [1.54, 1.807) is 31.3 Å². The molecule has 1 aromatic rings. The molecular weight excluding hydrogens is 330 g/mol. The van der Waals surface area contributed by atoms with Crippen LogP contribution in [-0.2, 0) is 14.3 Å². The van der Waals surface area contributed by atoms with Gasteiger partial charge in [0.05, 0.1) is 29.9 Å². The lowest BCUT2D eigenvalue weighted by Gasteiger charge is -2.23. The van der Waals surface area contributed by atoms with E-state index in [0.717, 1.165) is 26.0 Å². The third kappa shape index (κ3) is 5.78. The molecule has 0 spiro atoms. The predicted molar refractivity (Wildman–Crippen MR) is 94.2 cm³/mol. The van der Waals surface area contributed by atoms with Gasteiger partial charge in [-0.2, -0.15) is 0 Å². The van der Waals surface area contributed by atoms with Gasteiger partial charge in [-0.15, -0.1) is 0 Å². The van der Waals surface area contributed by atoms with Gasteiger partial charge >= 0.3 is 0 Å². The third-order valence-corrected chi connectivity index (χ3v) is 4.23. The van der Waals surface area contributed by atoms with E-state index in [1.807, 2.05) is 11.9 Å². The zero-order valence-corrected chi connectivity index (χ0v) is 14.9. The average Bonchev–Trinajstić information content (AvgIpc) is 3.02. The second kappa shape index (κ2) is 9.01. The summed E-state index contributed by atoms with van der Waals surface area (Å²) in [5.41, 5.74) is 0.542. The molecule has 1 fully saturated rings. The highest BCUT2D eigenvalue weighted by atomic mass is 35.5. The summed E-state index contributed by atoms with van der Waals surface area (Å²) >= 11 is 6.00. The first kappa shape index (κ1) is 18.7. The lowest BCUT2D eigenvalue weighted by atomic mass is 10.2. The minimum Gasteiger partial charge on any atom is -0.377 e. The molecule has 7 heteroatoms. The van der Waals surface area contributed by atoms with Gasteiger partial charge in [-0.3, -0.25) is 14.5 Å². The van der Waals surface area contributed by atoms with Gasteiger partial charge in [0.25, 0.3) is 0 Å². The van der Waals surface area contributed by atoms with Crippen molar-refractivity contribution in [1.82, 2.24) is 9.80 Å². The molecule has 0 aromatic heterocycles. The molecule has 0 aliphatic carbocycles. The highest BCUT2D eigenvalue weighted by Crippen LogP contribution is 2.20. The van der Waals surface area contributed by atoms with Crippen LogP contribution in [0.3, 0.4) is 0 Å². The highest BCUT2D eigenvalue weighted by molar-refractivity contribution is 6.33. The Bertz CT molecular complexity index is 576. The van der Waals surface area contributed by atoms with Gasteiger partial charge in [0.2, 0.25) is 11.8 Å². The Morgan fingerprint density at radius 2 is 2.04 bits per heavy atom. The van der Waals surface area contributed by atoms with Crippen molar-refractivity contribution in [2.24, 2.45) is 0 Å². The van der Waals surface area contributed by atoms with E-state index in [2.05, 4.69) is 5.32 Å². The Morgan fingerprint density at radius 1 is 1.29 bits per heavy atom. The SMILES string of the molecule is CN(CC(=O)N(C)CC(=O)Nc1ccccc1Cl)CC1CCCO1. The first-order valence-corrected chi connectivity index (χ1v) is 8.42. The molecule has 1 unspecified atom stereocenters. The first-order valence-electron chi connectivity index (χ1n) is 8.04. The van der Waals surface area contributed by atoms with Crippen LogP contribution in [0.25, 0.3) is 0 Å². The van der Waals surface area contributed by atoms with Crippen molar-refractivity contribution in [3.05, 3.63) is 29.3 Å². The summed E-state index contributed by atoms with van der Waals surface area (Å²) in [4.78, 5) is 27.6. The molecule has 2 rings (SSSR count). The summed E-state index contributed by atoms with van der Waals surface area (Å²) in [6.45, 7) is 1.77. The van der Waals surface area contributed by atoms with Gasteiger partial charge in [-0.05, 0) is 32.0 Å². The maximum absolute atomic E-state index is 12.2. The van der Waals surface area contributed by atoms with E-state index in [4.69, 9.17) is 16.3 Å². The van der Waals surface area contributed by atoms with Gasteiger partial charge in [0, 0.05) is 20.2 Å². The summed E-state index contributed by atoms with van der Waals surface area (Å²) in [6.07, 6.45) is 2.32. The maximum Gasteiger partial charge on any atom is 0.244 e. The molecule has 1 aliphatic rings. The van der Waals surface area contributed by atoms with Gasteiger partial charge in [-0.25, -0.2) is 0 Å². The van der Waals surface area contributed by atoms with Crippen LogP contribution in [0.4, 0.5) is 5.69 Å². The number of ether oxygens (including phenoxy) is 1. The predicted octanol–water partition coefficient (Wildman–Crippen LogP) is 1.85. The molecule has 24 heavy (non-hydrogen) atoms. The molecule has 2 amide bonds. The van der Waals surface area contributed by atoms with Crippen molar-refractivity contribution in [3.8, 4) is 0 Å². The number of amides is 2. The summed E-state index contributed by atoms with van der Waals surface area (Å²) in [7, 11) is 3.51. The van der Waals surface area contributed by atoms with E-state index in [0.29, 0.717) is 10.7 Å². The molecule has 6 nitrogen and oxygen atoms in total. The number of benzene rings is 1. The van der Waals surface area contributed by atoms with Crippen molar-refractivity contribution in [1.29, 1.82) is 0 Å². The standard InChI is InChI=1S/C17H24ClN3O3/c1-20(10-13-6-5-9-24-13)12-17(23)21(2)11-16(22)19-15-8-4-3-7-14(15)18/h3-4,7-8,13H,5-6,9-12H2,1-2H3,(H,19,22). The van der Waals surface area contributed by atoms with Crippen LogP contribution in [-0.4, -0.2) is 68.1 Å². The number of hydrogen-bond donors (Lipinski definition) is 1. The van der Waals surface area contributed by atoms with Crippen molar-refractivity contribution < 1.29 is 14.3 Å². The largest absolute Gasteiger partial charge is 0.377 e. The van der Waals surface area contributed by atoms with Crippen LogP contribution in [0.15, 0.2) is 24.3 Å². The number of halogens is 1. The van der Waals surface area contributed by atoms with E-state index >= 15 is 0 Å². The Balaban J connectivity index is 1.75. The van der Waals surface area contributed by atoms with Crippen molar-refractivity contribution in [3.63, 3.8) is 0 Å². The molecule has 1 saturated heterocycles. The quantitative estimate of drug-likeness (QED) is 0.812. The second-order valence-corrected chi connectivity index (χ2v) is 6.52. The maximum atomic E-state index is 12.2. The number of likely N-dealkylation sites (N-methyl/N-ethyl adjacent to an activating group) is 2. The minimum absolute atomic E-state index is 0.0160. The molecule has 132 valence electrons. The lowest BCUT2D eigenvalue weighted by molar-refractivity contribution is -0.134. The topological polar surface area (TPSA) is 61.9 Å². The fourth-order valence-electron chi connectivity index (χ4n) is 2.61. The van der Waals surface area contributed by atoms with Crippen LogP contribution >= 0.6 is 11.6 Å². The molecule has 1 aliphatic heterocycles. The van der Waals surface area contributed by atoms with E-state index < -0.39 is 0 Å². The van der Waals surface area contributed by atoms with E-state index in [-0.39, 0.29) is 31.0 Å². The Morgan fingerprint density at radius 3 is 2.71 bits per heavy atom. The van der Waals surface area contributed by atoms with Crippen LogP contribution in [0.5, 0.6) is 0 Å². The number of anilines is 1. The molecule has 0 radical (unpaired) electrons. The summed E-state index contributed by atoms with van der Waals surface area (Å²) in [5.74, 6) is -0.384. The summed E-state index contributed by atoms with van der Waals surface area (Å²) in [6, 6.07) is 7.00. The molecule has 0 bridgehead atoms. The van der Waals surface area contributed by atoms with E-state index in [1.165, 1.54) is 4.90 Å². The molecule has 1 aromatic carbocycles. The van der Waals surface area contributed by atoms with Crippen molar-refractivity contribution >= 4 is 29.1 Å². The third-order valence-electron chi connectivity index (χ3n) is 3.90. The number of nitrogens with one attached hydrogen (secondary N) is 1. The molecule has 0 saturated carbocycles. The number of carbonyl (C=O) groups excluding carboxylic acids is 2. The van der Waals surface area contributed by atoms with Gasteiger partial charge in [0.15, 0.2) is 0 Å². The van der Waals surface area contributed by atoms with E-state index in [9.17, 15) is 9.59 Å². The second-order valence-electron chi connectivity index (χ2n) is 6.11. The number of hydrogen-bond acceptors (Lipinski definition) is 4. The van der Waals surface area contributed by atoms with Gasteiger partial charge < -0.3 is 15.0 Å². The number of rotatable bonds is 7. The molecule has 1 N–H and O–H groups in total. The van der Waals surface area contributed by atoms with Crippen LogP contribution in [0.2, 0.25) is 5.02 Å². The zero-order chi connectivity index (χ0) is 17.5. The molecule has 1 heterocycles. The normalized spacial score (nSPS) is 17.1. The van der Waals surface area contributed by atoms with Crippen LogP contribution < -0.4 is 5.32 Å². The monoisotopic (exact) mass is 353 g/mol. The van der Waals surface area contributed by atoms with Gasteiger partial charge in [0.1, 0.15) is 0 Å². The van der Waals surface area contributed by atoms with Crippen molar-refractivity contribution in [2.75, 3.05) is 45.7 Å². The van der Waals surface area contributed by atoms with Crippen molar-refractivity contribution in [2.45, 2.75) is 18.9 Å². The zero-order valence-electron chi connectivity index (χ0n) is 14.1. The fraction of sp³-hybridized carbons (Fsp3) is 0.529. The Kier molecular flexibility index (Phi) is 7.02. The Labute approximate surface area is 147 Å². The van der Waals surface area contributed by atoms with Gasteiger partial charge in [-0.1, -0.05) is 23.7 Å². The first-order chi connectivity index (χ1) is 11.5. The fourth-order valence-corrected chi connectivity index (χ4v) is 2.79. The lowest BCUT2D eigenvalue weighted by Crippen LogP contribution is -2.42. The molecular formula is C17H24ClN3O3. The summed E-state index contributed by atoms with van der Waals surface area (Å²) in [5, 5.41) is 3.18. The number of nitrogens with zero attached hydrogens (tertiary/aromatic N) is 2. The van der Waals surface area contributed by atoms with Crippen LogP contribution in [0.1, 0.15) is 12.8 Å². The number of para-hydroxylation sites is 1. The smallest absolute Gasteiger partial charge is 0.244 e. The minimum atomic E-state index is -0.277. The average molecular weight is 354 g/mol. The molecule has 1 atom stereocenters. The number of carbonyl (C=O) groups is 2. The highest BCUT2D eigenvalue weighted by Gasteiger charge is 2.20.